The van der Waals surface area contributed by atoms with Gasteiger partial charge in [0.15, 0.2) is 10.9 Å². The van der Waals surface area contributed by atoms with Gasteiger partial charge in [0.1, 0.15) is 0 Å². The van der Waals surface area contributed by atoms with Crippen molar-refractivity contribution in [3.8, 4) is 0 Å². The summed E-state index contributed by atoms with van der Waals surface area (Å²) in [5, 5.41) is 8.86. The number of thioether (sulfide) groups is 1. The highest BCUT2D eigenvalue weighted by molar-refractivity contribution is 8.13. The summed E-state index contributed by atoms with van der Waals surface area (Å²) in [5.41, 5.74) is 2.50. The molecule has 0 spiro atoms. The second-order valence-corrected chi connectivity index (χ2v) is 6.48. The molecule has 0 aromatic heterocycles. The molecule has 1 aromatic carbocycles. The van der Waals surface area contributed by atoms with Crippen LogP contribution in [0.2, 0.25) is 0 Å². The van der Waals surface area contributed by atoms with Gasteiger partial charge in [0.05, 0.1) is 6.42 Å². The lowest BCUT2D eigenvalue weighted by molar-refractivity contribution is -0.137. The zero-order valence-corrected chi connectivity index (χ0v) is 14.9. The molecule has 1 atom stereocenters. The molecule has 0 aliphatic heterocycles. The van der Waals surface area contributed by atoms with E-state index in [1.54, 1.807) is 12.1 Å². The first kappa shape index (κ1) is 19.9. The van der Waals surface area contributed by atoms with Crippen LogP contribution in [0.3, 0.4) is 0 Å². The first-order valence-corrected chi connectivity index (χ1v) is 8.66. The molecule has 0 aliphatic carbocycles. The Morgan fingerprint density at radius 2 is 1.71 bits per heavy atom. The molecule has 5 heteroatoms. The molecule has 1 aromatic rings. The van der Waals surface area contributed by atoms with Crippen molar-refractivity contribution >= 4 is 34.2 Å². The van der Waals surface area contributed by atoms with Crippen molar-refractivity contribution in [2.24, 2.45) is 5.92 Å². The van der Waals surface area contributed by atoms with Gasteiger partial charge in [0, 0.05) is 24.2 Å². The highest BCUT2D eigenvalue weighted by Crippen LogP contribution is 2.21. The van der Waals surface area contributed by atoms with E-state index in [1.165, 1.54) is 6.92 Å². The maximum absolute atomic E-state index is 12.6. The number of carboxylic acids is 1. The van der Waals surface area contributed by atoms with Crippen molar-refractivity contribution < 1.29 is 19.5 Å². The third-order valence-corrected chi connectivity index (χ3v) is 4.42. The zero-order chi connectivity index (χ0) is 18.1. The van der Waals surface area contributed by atoms with Gasteiger partial charge in [-0.2, -0.15) is 0 Å². The number of hydrogen-bond acceptors (Lipinski definition) is 4. The van der Waals surface area contributed by atoms with Crippen molar-refractivity contribution in [2.45, 2.75) is 27.2 Å². The van der Waals surface area contributed by atoms with E-state index in [-0.39, 0.29) is 23.1 Å². The van der Waals surface area contributed by atoms with E-state index in [0.29, 0.717) is 5.56 Å². The van der Waals surface area contributed by atoms with Gasteiger partial charge in [-0.05, 0) is 25.0 Å². The number of Topliss-reactive ketones (excluding diaryl/α,β-unsaturated/α-hetero) is 1. The molecular weight excluding hydrogens is 324 g/mol. The molecule has 0 fully saturated rings. The number of carboxylic acid groups (broad SMARTS) is 1. The maximum atomic E-state index is 12.6. The van der Waals surface area contributed by atoms with Crippen molar-refractivity contribution in [3.63, 3.8) is 0 Å². The number of carbonyl (C=O) groups excluding carboxylic acids is 2. The predicted octanol–water partition coefficient (Wildman–Crippen LogP) is 4.22. The molecule has 0 heterocycles. The van der Waals surface area contributed by atoms with Crippen LogP contribution < -0.4 is 0 Å². The van der Waals surface area contributed by atoms with Gasteiger partial charge in [0.25, 0.3) is 0 Å². The molecule has 0 amide bonds. The van der Waals surface area contributed by atoms with E-state index in [4.69, 9.17) is 5.11 Å². The first-order chi connectivity index (χ1) is 11.4. The van der Waals surface area contributed by atoms with Crippen LogP contribution in [0.4, 0.5) is 0 Å². The van der Waals surface area contributed by atoms with Crippen LogP contribution in [0.25, 0.3) is 5.57 Å². The third-order valence-electron chi connectivity index (χ3n) is 3.44. The molecule has 1 unspecified atom stereocenters. The van der Waals surface area contributed by atoms with Gasteiger partial charge in [-0.1, -0.05) is 54.3 Å². The average Bonchev–Trinajstić information content (AvgIpc) is 2.55. The fraction of sp³-hybridized carbons (Fsp3) is 0.316. The summed E-state index contributed by atoms with van der Waals surface area (Å²) in [5.74, 6) is -1.82. The summed E-state index contributed by atoms with van der Waals surface area (Å²) in [6, 6.07) is 7.10. The lowest BCUT2D eigenvalue weighted by Gasteiger charge is -2.13. The van der Waals surface area contributed by atoms with Crippen LogP contribution in [0.5, 0.6) is 0 Å². The second kappa shape index (κ2) is 9.88. The smallest absolute Gasteiger partial charge is 0.304 e. The summed E-state index contributed by atoms with van der Waals surface area (Å²) < 4.78 is 0. The molecular formula is C19H22O4S. The van der Waals surface area contributed by atoms with Crippen LogP contribution >= 0.6 is 11.8 Å². The monoisotopic (exact) mass is 346 g/mol. The zero-order valence-electron chi connectivity index (χ0n) is 14.1. The topological polar surface area (TPSA) is 71.4 Å². The van der Waals surface area contributed by atoms with Gasteiger partial charge in [0.2, 0.25) is 0 Å². The lowest BCUT2D eigenvalue weighted by atomic mass is 9.94. The van der Waals surface area contributed by atoms with Gasteiger partial charge >= 0.3 is 5.97 Å². The predicted molar refractivity (Wildman–Crippen MR) is 98.1 cm³/mol. The van der Waals surface area contributed by atoms with Crippen molar-refractivity contribution in [3.05, 3.63) is 53.6 Å². The minimum absolute atomic E-state index is 0.127. The van der Waals surface area contributed by atoms with E-state index >= 15 is 0 Å². The van der Waals surface area contributed by atoms with E-state index in [1.807, 2.05) is 44.2 Å². The van der Waals surface area contributed by atoms with Gasteiger partial charge in [-0.25, -0.2) is 0 Å². The Balaban J connectivity index is 2.97. The summed E-state index contributed by atoms with van der Waals surface area (Å²) in [6.07, 6.45) is 5.62. The second-order valence-electron chi connectivity index (χ2n) is 5.28. The summed E-state index contributed by atoms with van der Waals surface area (Å²) in [6.45, 7) is 5.28. The number of carbonyl (C=O) groups is 3. The SMILES string of the molecule is C/C=C\C(=C/C)c1ccc(C(=O)C(CSC(C)=O)CC(=O)O)cc1. The van der Waals surface area contributed by atoms with Crippen molar-refractivity contribution in [1.82, 2.24) is 0 Å². The highest BCUT2D eigenvalue weighted by atomic mass is 32.2. The normalized spacial score (nSPS) is 13.0. The lowest BCUT2D eigenvalue weighted by Crippen LogP contribution is -2.21. The number of rotatable bonds is 8. The van der Waals surface area contributed by atoms with E-state index in [9.17, 15) is 14.4 Å². The van der Waals surface area contributed by atoms with E-state index in [2.05, 4.69) is 0 Å². The minimum atomic E-state index is -1.04. The molecule has 0 bridgehead atoms. The van der Waals surface area contributed by atoms with E-state index < -0.39 is 11.9 Å². The fourth-order valence-corrected chi connectivity index (χ4v) is 2.96. The summed E-state index contributed by atoms with van der Waals surface area (Å²) in [7, 11) is 0. The Morgan fingerprint density at radius 3 is 2.17 bits per heavy atom. The largest absolute Gasteiger partial charge is 0.481 e. The van der Waals surface area contributed by atoms with E-state index in [0.717, 1.165) is 22.9 Å². The third kappa shape index (κ3) is 6.16. The molecule has 1 N–H and O–H groups in total. The Kier molecular flexibility index (Phi) is 8.19. The Hall–Kier alpha value is -2.14. The number of aliphatic carboxylic acids is 1. The average molecular weight is 346 g/mol. The van der Waals surface area contributed by atoms with Gasteiger partial charge in [-0.15, -0.1) is 0 Å². The van der Waals surface area contributed by atoms with Crippen molar-refractivity contribution in [2.75, 3.05) is 5.75 Å². The van der Waals surface area contributed by atoms with Gasteiger partial charge in [-0.3, -0.25) is 14.4 Å². The number of ketones is 1. The maximum Gasteiger partial charge on any atom is 0.304 e. The number of hydrogen-bond donors (Lipinski definition) is 1. The van der Waals surface area contributed by atoms with Crippen molar-refractivity contribution in [1.29, 1.82) is 0 Å². The van der Waals surface area contributed by atoms with Crippen LogP contribution in [-0.4, -0.2) is 27.7 Å². The molecule has 0 aliphatic rings. The van der Waals surface area contributed by atoms with Gasteiger partial charge < -0.3 is 5.11 Å². The molecule has 4 nitrogen and oxygen atoms in total. The quantitative estimate of drug-likeness (QED) is 0.564. The molecule has 0 radical (unpaired) electrons. The summed E-state index contributed by atoms with van der Waals surface area (Å²) >= 11 is 0.981. The van der Waals surface area contributed by atoms with Crippen LogP contribution in [-0.2, 0) is 9.59 Å². The number of benzene rings is 1. The molecule has 1 rings (SSSR count). The number of allylic oxidation sites excluding steroid dienone is 4. The van der Waals surface area contributed by atoms with Crippen LogP contribution in [0, 0.1) is 5.92 Å². The standard InChI is InChI=1S/C19H22O4S/c1-4-6-14(5-2)15-7-9-16(10-8-15)19(23)17(11-18(21)22)12-24-13(3)20/h4-10,17H,11-12H2,1-3H3,(H,21,22)/b6-4-,14-5+. The molecule has 0 saturated carbocycles. The molecule has 0 saturated heterocycles. The van der Waals surface area contributed by atoms with Crippen LogP contribution in [0.1, 0.15) is 43.1 Å². The summed E-state index contributed by atoms with van der Waals surface area (Å²) in [4.78, 5) is 34.6. The fourth-order valence-electron chi connectivity index (χ4n) is 2.26. The Morgan fingerprint density at radius 1 is 1.12 bits per heavy atom. The first-order valence-electron chi connectivity index (χ1n) is 7.67. The Bertz CT molecular complexity index is 656. The molecule has 24 heavy (non-hydrogen) atoms. The highest BCUT2D eigenvalue weighted by Gasteiger charge is 2.23. The minimum Gasteiger partial charge on any atom is -0.481 e. The Labute approximate surface area is 146 Å². The van der Waals surface area contributed by atoms with Crippen LogP contribution in [0.15, 0.2) is 42.5 Å². The molecule has 128 valence electrons.